The first kappa shape index (κ1) is 32.8. The number of hydrogen-bond donors (Lipinski definition) is 0. The molecular formula is C35H35AsO10. The Morgan fingerprint density at radius 3 is 0.609 bits per heavy atom. The first-order valence-electron chi connectivity index (χ1n) is 14.4. The van der Waals surface area contributed by atoms with E-state index in [-0.39, 0.29) is 34.0 Å². The van der Waals surface area contributed by atoms with E-state index in [0.29, 0.717) is 28.7 Å². The Bertz CT molecular complexity index is 1250. The van der Waals surface area contributed by atoms with Crippen LogP contribution in [0.15, 0.2) is 152 Å². The van der Waals surface area contributed by atoms with Crippen molar-refractivity contribution in [2.75, 3.05) is 34.0 Å². The number of rotatable bonds is 20. The Kier molecular flexibility index (Phi) is 12.3. The van der Waals surface area contributed by atoms with Crippen LogP contribution in [0.1, 0.15) is 0 Å². The summed E-state index contributed by atoms with van der Waals surface area (Å²) in [5.41, 5.74) is 0. The van der Waals surface area contributed by atoms with Crippen LogP contribution >= 0.6 is 0 Å². The van der Waals surface area contributed by atoms with E-state index in [0.717, 1.165) is 0 Å². The number of para-hydroxylation sites is 5. The van der Waals surface area contributed by atoms with Crippen LogP contribution in [0.3, 0.4) is 0 Å². The Morgan fingerprint density at radius 1 is 0.261 bits per heavy atom. The van der Waals surface area contributed by atoms with Gasteiger partial charge in [-0.15, -0.1) is 0 Å². The summed E-state index contributed by atoms with van der Waals surface area (Å²) in [5, 5.41) is 0. The summed E-state index contributed by atoms with van der Waals surface area (Å²) in [6.07, 6.45) is 0. The average Bonchev–Trinajstić information content (AvgIpc) is 3.11. The van der Waals surface area contributed by atoms with E-state index >= 15 is 0 Å². The van der Waals surface area contributed by atoms with E-state index in [2.05, 4.69) is 0 Å². The molecule has 0 saturated carbocycles. The molecule has 0 atom stereocenters. The summed E-state index contributed by atoms with van der Waals surface area (Å²) < 4.78 is 61.0. The minimum atomic E-state index is -6.01. The number of hydrogen-bond acceptors (Lipinski definition) is 10. The third-order valence-electron chi connectivity index (χ3n) is 6.16. The molecule has 5 rings (SSSR count). The van der Waals surface area contributed by atoms with Crippen molar-refractivity contribution in [2.24, 2.45) is 0 Å². The minimum absolute atomic E-state index is 0.386. The molecule has 46 heavy (non-hydrogen) atoms. The number of ether oxygens (including phenoxy) is 5. The summed E-state index contributed by atoms with van der Waals surface area (Å²) in [5.74, 6) is 2.68. The zero-order valence-electron chi connectivity index (χ0n) is 25.0. The van der Waals surface area contributed by atoms with Gasteiger partial charge in [0.25, 0.3) is 0 Å². The van der Waals surface area contributed by atoms with Crippen LogP contribution in [-0.2, 0) is 18.6 Å². The molecule has 5 aromatic rings. The Balaban J connectivity index is 1.44. The van der Waals surface area contributed by atoms with Crippen LogP contribution in [0.2, 0.25) is 0 Å². The zero-order chi connectivity index (χ0) is 31.6. The molecular weight excluding hydrogens is 655 g/mol. The quantitative estimate of drug-likeness (QED) is 0.0620. The van der Waals surface area contributed by atoms with Crippen molar-refractivity contribution in [1.29, 1.82) is 0 Å². The van der Waals surface area contributed by atoms with E-state index in [4.69, 9.17) is 42.3 Å². The molecule has 0 aliphatic carbocycles. The van der Waals surface area contributed by atoms with Crippen molar-refractivity contribution in [3.05, 3.63) is 152 Å². The summed E-state index contributed by atoms with van der Waals surface area (Å²) >= 11 is -6.01. The molecule has 0 bridgehead atoms. The normalized spacial score (nSPS) is 12.0. The molecule has 240 valence electrons. The standard InChI is InChI=1S/C35H35AsO10/c1-6-16-31(17-7-1)37-26-42-36(43-27-38-32-18-8-2-9-19-32,44-28-39-33-20-10-3-11-21-33,45-29-40-34-22-12-4-13-23-34)46-30-41-35-24-14-5-15-25-35/h1-25H,26-30H2. The van der Waals surface area contributed by atoms with E-state index in [1.165, 1.54) is 0 Å². The van der Waals surface area contributed by atoms with Crippen LogP contribution in [0.4, 0.5) is 0 Å². The van der Waals surface area contributed by atoms with Crippen LogP contribution < -0.4 is 23.7 Å². The predicted octanol–water partition coefficient (Wildman–Crippen LogP) is 7.14. The van der Waals surface area contributed by atoms with Gasteiger partial charge in [-0.05, 0) is 0 Å². The SMILES string of the molecule is c1ccc(OCO[As](OCOc2ccccc2)(OCOc2ccccc2)(OCOc2ccccc2)OCOc2ccccc2)cc1. The maximum absolute atomic E-state index is 6.32. The van der Waals surface area contributed by atoms with Gasteiger partial charge in [0.15, 0.2) is 0 Å². The van der Waals surface area contributed by atoms with Crippen LogP contribution in [0, 0.1) is 0 Å². The van der Waals surface area contributed by atoms with Crippen molar-refractivity contribution in [3.8, 4) is 28.7 Å². The molecule has 0 heterocycles. The van der Waals surface area contributed by atoms with Crippen LogP contribution in [0.5, 0.6) is 28.7 Å². The maximum atomic E-state index is 6.32. The molecule has 0 aliphatic rings. The summed E-state index contributed by atoms with van der Waals surface area (Å²) in [7, 11) is 0. The van der Waals surface area contributed by atoms with Gasteiger partial charge < -0.3 is 0 Å². The molecule has 0 amide bonds. The fraction of sp³-hybridized carbons (Fsp3) is 0.143. The Morgan fingerprint density at radius 2 is 0.435 bits per heavy atom. The molecule has 0 spiro atoms. The second-order valence-corrected chi connectivity index (χ2v) is 15.1. The van der Waals surface area contributed by atoms with Gasteiger partial charge in [-0.1, -0.05) is 0 Å². The Labute approximate surface area is 270 Å². The van der Waals surface area contributed by atoms with Crippen molar-refractivity contribution >= 4 is 14.2 Å². The molecule has 5 aromatic carbocycles. The first-order chi connectivity index (χ1) is 22.7. The first-order valence-corrected chi connectivity index (χ1v) is 18.2. The van der Waals surface area contributed by atoms with Gasteiger partial charge in [-0.2, -0.15) is 0 Å². The second kappa shape index (κ2) is 17.2. The third kappa shape index (κ3) is 10.2. The molecule has 0 aliphatic heterocycles. The summed E-state index contributed by atoms with van der Waals surface area (Å²) in [6, 6.07) is 45.5. The summed E-state index contributed by atoms with van der Waals surface area (Å²) in [4.78, 5) is 0. The van der Waals surface area contributed by atoms with Crippen molar-refractivity contribution in [3.63, 3.8) is 0 Å². The van der Waals surface area contributed by atoms with Crippen molar-refractivity contribution < 1.29 is 42.3 Å². The second-order valence-electron chi connectivity index (χ2n) is 9.27. The van der Waals surface area contributed by atoms with E-state index in [1.807, 2.05) is 91.0 Å². The monoisotopic (exact) mass is 690 g/mol. The van der Waals surface area contributed by atoms with Gasteiger partial charge in [0.2, 0.25) is 0 Å². The fourth-order valence-electron chi connectivity index (χ4n) is 3.86. The molecule has 11 heteroatoms. The van der Waals surface area contributed by atoms with E-state index in [9.17, 15) is 0 Å². The molecule has 10 nitrogen and oxygen atoms in total. The molecule has 0 N–H and O–H groups in total. The average molecular weight is 691 g/mol. The van der Waals surface area contributed by atoms with Gasteiger partial charge >= 0.3 is 271 Å². The molecule has 0 aromatic heterocycles. The third-order valence-corrected chi connectivity index (χ3v) is 11.7. The number of benzene rings is 5. The van der Waals surface area contributed by atoms with Gasteiger partial charge in [-0.3, -0.25) is 0 Å². The van der Waals surface area contributed by atoms with Gasteiger partial charge in [-0.25, -0.2) is 0 Å². The molecule has 0 radical (unpaired) electrons. The van der Waals surface area contributed by atoms with Crippen molar-refractivity contribution in [1.82, 2.24) is 0 Å². The topological polar surface area (TPSA) is 92.3 Å². The zero-order valence-corrected chi connectivity index (χ0v) is 26.9. The van der Waals surface area contributed by atoms with Gasteiger partial charge in [0, 0.05) is 0 Å². The van der Waals surface area contributed by atoms with Crippen molar-refractivity contribution in [2.45, 2.75) is 0 Å². The summed E-state index contributed by atoms with van der Waals surface area (Å²) in [6.45, 7) is -1.93. The Hall–Kier alpha value is -4.54. The molecule has 0 saturated heterocycles. The van der Waals surface area contributed by atoms with Crippen LogP contribution in [-0.4, -0.2) is 48.1 Å². The van der Waals surface area contributed by atoms with E-state index < -0.39 is 14.2 Å². The van der Waals surface area contributed by atoms with E-state index in [1.54, 1.807) is 60.7 Å². The van der Waals surface area contributed by atoms with Gasteiger partial charge in [0.05, 0.1) is 0 Å². The fourth-order valence-corrected chi connectivity index (χ4v) is 7.78. The molecule has 0 unspecified atom stereocenters. The van der Waals surface area contributed by atoms with Crippen LogP contribution in [0.25, 0.3) is 0 Å². The molecule has 0 fully saturated rings. The van der Waals surface area contributed by atoms with Gasteiger partial charge in [0.1, 0.15) is 0 Å². The predicted molar refractivity (Wildman–Crippen MR) is 171 cm³/mol.